The minimum Gasteiger partial charge on any atom is -0.452 e. The maximum absolute atomic E-state index is 12.6. The van der Waals surface area contributed by atoms with Gasteiger partial charge in [0.2, 0.25) is 0 Å². The first-order valence-corrected chi connectivity index (χ1v) is 9.33. The van der Waals surface area contributed by atoms with Crippen LogP contribution in [0.3, 0.4) is 0 Å². The van der Waals surface area contributed by atoms with E-state index in [4.69, 9.17) is 27.9 Å². The molecule has 3 rings (SSSR count). The summed E-state index contributed by atoms with van der Waals surface area (Å²) >= 11 is 11.7. The molecule has 8 heteroatoms. The minimum absolute atomic E-state index is 0.00871. The van der Waals surface area contributed by atoms with Crippen LogP contribution >= 0.6 is 23.2 Å². The molecule has 0 fully saturated rings. The Bertz CT molecular complexity index is 1120. The van der Waals surface area contributed by atoms with E-state index >= 15 is 0 Å². The standard InChI is InChI=1S/C20H16Cl2N2O4/c1-2-9-24-19(26)14-6-4-3-5-13(14)18(23-24)20(27)28-11-17(25)12-7-8-15(21)16(22)10-12/h3-8,10H,2,9,11H2,1H3. The monoisotopic (exact) mass is 418 g/mol. The van der Waals surface area contributed by atoms with Crippen molar-refractivity contribution in [1.82, 2.24) is 9.78 Å². The summed E-state index contributed by atoms with van der Waals surface area (Å²) in [7, 11) is 0. The summed E-state index contributed by atoms with van der Waals surface area (Å²) in [6, 6.07) is 11.1. The zero-order chi connectivity index (χ0) is 20.3. The Morgan fingerprint density at radius 2 is 1.79 bits per heavy atom. The van der Waals surface area contributed by atoms with E-state index < -0.39 is 18.4 Å². The van der Waals surface area contributed by atoms with E-state index in [1.165, 1.54) is 22.9 Å². The Labute approximate surface area is 170 Å². The van der Waals surface area contributed by atoms with Gasteiger partial charge in [-0.2, -0.15) is 5.10 Å². The predicted octanol–water partition coefficient (Wildman–Crippen LogP) is 4.15. The fourth-order valence-electron chi connectivity index (χ4n) is 2.70. The van der Waals surface area contributed by atoms with Gasteiger partial charge < -0.3 is 4.74 Å². The average Bonchev–Trinajstić information content (AvgIpc) is 2.70. The fraction of sp³-hybridized carbons (Fsp3) is 0.200. The van der Waals surface area contributed by atoms with Crippen LogP contribution in [0.5, 0.6) is 0 Å². The maximum atomic E-state index is 12.6. The summed E-state index contributed by atoms with van der Waals surface area (Å²) in [5.41, 5.74) is -0.0116. The van der Waals surface area contributed by atoms with Crippen molar-refractivity contribution in [1.29, 1.82) is 0 Å². The molecule has 0 amide bonds. The molecule has 6 nitrogen and oxygen atoms in total. The molecular weight excluding hydrogens is 403 g/mol. The number of fused-ring (bicyclic) bond motifs is 1. The first-order chi connectivity index (χ1) is 13.4. The number of nitrogens with zero attached hydrogens (tertiary/aromatic N) is 2. The molecule has 0 radical (unpaired) electrons. The number of carbonyl (C=O) groups excluding carboxylic acids is 2. The molecule has 0 saturated heterocycles. The van der Waals surface area contributed by atoms with Crippen LogP contribution in [0.1, 0.15) is 34.2 Å². The molecule has 0 bridgehead atoms. The van der Waals surface area contributed by atoms with Crippen molar-refractivity contribution in [3.05, 3.63) is 74.1 Å². The van der Waals surface area contributed by atoms with Gasteiger partial charge in [0.05, 0.1) is 15.4 Å². The number of esters is 1. The Morgan fingerprint density at radius 3 is 2.46 bits per heavy atom. The van der Waals surface area contributed by atoms with E-state index in [-0.39, 0.29) is 21.8 Å². The Kier molecular flexibility index (Phi) is 6.11. The molecule has 144 valence electrons. The Hall–Kier alpha value is -2.70. The smallest absolute Gasteiger partial charge is 0.359 e. The van der Waals surface area contributed by atoms with E-state index in [0.29, 0.717) is 28.8 Å². The average molecular weight is 419 g/mol. The van der Waals surface area contributed by atoms with Crippen molar-refractivity contribution in [3.63, 3.8) is 0 Å². The lowest BCUT2D eigenvalue weighted by molar-refractivity contribution is 0.0468. The molecule has 0 spiro atoms. The normalized spacial score (nSPS) is 10.8. The summed E-state index contributed by atoms with van der Waals surface area (Å²) in [6.45, 7) is 1.78. The first kappa shape index (κ1) is 20.0. The number of ether oxygens (including phenoxy) is 1. The van der Waals surface area contributed by atoms with Crippen molar-refractivity contribution in [3.8, 4) is 0 Å². The van der Waals surface area contributed by atoms with Gasteiger partial charge in [0.15, 0.2) is 18.1 Å². The van der Waals surface area contributed by atoms with Gasteiger partial charge in [-0.05, 0) is 30.7 Å². The lowest BCUT2D eigenvalue weighted by atomic mass is 10.1. The number of aryl methyl sites for hydroxylation is 1. The van der Waals surface area contributed by atoms with Crippen LogP contribution in [0, 0.1) is 0 Å². The van der Waals surface area contributed by atoms with Gasteiger partial charge in [-0.3, -0.25) is 9.59 Å². The fourth-order valence-corrected chi connectivity index (χ4v) is 3.00. The molecule has 0 aliphatic heterocycles. The number of benzene rings is 2. The van der Waals surface area contributed by atoms with Gasteiger partial charge in [-0.25, -0.2) is 9.48 Å². The van der Waals surface area contributed by atoms with Crippen molar-refractivity contribution >= 4 is 45.7 Å². The topological polar surface area (TPSA) is 78.3 Å². The van der Waals surface area contributed by atoms with Crippen LogP contribution in [0.4, 0.5) is 0 Å². The lowest BCUT2D eigenvalue weighted by Gasteiger charge is -2.10. The van der Waals surface area contributed by atoms with Gasteiger partial charge in [0.25, 0.3) is 5.56 Å². The highest BCUT2D eigenvalue weighted by Gasteiger charge is 2.19. The highest BCUT2D eigenvalue weighted by molar-refractivity contribution is 6.42. The second-order valence-corrected chi connectivity index (χ2v) is 6.87. The van der Waals surface area contributed by atoms with Gasteiger partial charge in [-0.1, -0.05) is 48.3 Å². The molecule has 0 aliphatic carbocycles. The maximum Gasteiger partial charge on any atom is 0.359 e. The molecule has 0 N–H and O–H groups in total. The van der Waals surface area contributed by atoms with E-state index in [0.717, 1.165) is 0 Å². The molecule has 1 heterocycles. The van der Waals surface area contributed by atoms with E-state index in [9.17, 15) is 14.4 Å². The number of rotatable bonds is 6. The van der Waals surface area contributed by atoms with Crippen LogP contribution < -0.4 is 5.56 Å². The third-order valence-electron chi connectivity index (χ3n) is 4.07. The summed E-state index contributed by atoms with van der Waals surface area (Å²) in [5.74, 6) is -1.22. The molecular formula is C20H16Cl2N2O4. The molecule has 0 aliphatic rings. The van der Waals surface area contributed by atoms with Gasteiger partial charge >= 0.3 is 5.97 Å². The van der Waals surface area contributed by atoms with E-state index in [1.54, 1.807) is 24.3 Å². The minimum atomic E-state index is -0.783. The molecule has 1 aromatic heterocycles. The SMILES string of the molecule is CCCn1nc(C(=O)OCC(=O)c2ccc(Cl)c(Cl)c2)c2ccccc2c1=O. The summed E-state index contributed by atoms with van der Waals surface area (Å²) in [4.78, 5) is 37.3. The number of Topliss-reactive ketones (excluding diaryl/α,β-unsaturated/α-hetero) is 1. The summed E-state index contributed by atoms with van der Waals surface area (Å²) < 4.78 is 6.39. The Morgan fingerprint density at radius 1 is 1.07 bits per heavy atom. The zero-order valence-corrected chi connectivity index (χ0v) is 16.5. The number of aromatic nitrogens is 2. The number of carbonyl (C=O) groups is 2. The number of hydrogen-bond donors (Lipinski definition) is 0. The number of hydrogen-bond acceptors (Lipinski definition) is 5. The number of halogens is 2. The predicted molar refractivity (Wildman–Crippen MR) is 107 cm³/mol. The molecule has 0 atom stereocenters. The summed E-state index contributed by atoms with van der Waals surface area (Å²) in [6.07, 6.45) is 0.676. The van der Waals surface area contributed by atoms with Crippen molar-refractivity contribution < 1.29 is 14.3 Å². The van der Waals surface area contributed by atoms with Crippen molar-refractivity contribution in [2.45, 2.75) is 19.9 Å². The number of ketones is 1. The first-order valence-electron chi connectivity index (χ1n) is 8.57. The largest absolute Gasteiger partial charge is 0.452 e. The van der Waals surface area contributed by atoms with E-state index in [1.807, 2.05) is 6.92 Å². The second kappa shape index (κ2) is 8.54. The lowest BCUT2D eigenvalue weighted by Crippen LogP contribution is -2.27. The third-order valence-corrected chi connectivity index (χ3v) is 4.81. The molecule has 0 unspecified atom stereocenters. The van der Waals surface area contributed by atoms with Crippen LogP contribution in [0.2, 0.25) is 10.0 Å². The van der Waals surface area contributed by atoms with Gasteiger partial charge in [-0.15, -0.1) is 0 Å². The van der Waals surface area contributed by atoms with Crippen LogP contribution in [0.15, 0.2) is 47.3 Å². The van der Waals surface area contributed by atoms with Gasteiger partial charge in [0.1, 0.15) is 0 Å². The van der Waals surface area contributed by atoms with Crippen LogP contribution in [-0.2, 0) is 11.3 Å². The van der Waals surface area contributed by atoms with Crippen LogP contribution in [0.25, 0.3) is 10.8 Å². The van der Waals surface area contributed by atoms with E-state index in [2.05, 4.69) is 5.10 Å². The molecule has 2 aromatic carbocycles. The molecule has 28 heavy (non-hydrogen) atoms. The zero-order valence-electron chi connectivity index (χ0n) is 14.9. The highest BCUT2D eigenvalue weighted by Crippen LogP contribution is 2.23. The van der Waals surface area contributed by atoms with Crippen LogP contribution in [-0.4, -0.2) is 28.1 Å². The summed E-state index contributed by atoms with van der Waals surface area (Å²) in [5, 5.41) is 5.45. The Balaban J connectivity index is 1.87. The van der Waals surface area contributed by atoms with Crippen molar-refractivity contribution in [2.24, 2.45) is 0 Å². The quantitative estimate of drug-likeness (QED) is 0.443. The third kappa shape index (κ3) is 4.08. The highest BCUT2D eigenvalue weighted by atomic mass is 35.5. The second-order valence-electron chi connectivity index (χ2n) is 6.05. The van der Waals surface area contributed by atoms with Crippen molar-refractivity contribution in [2.75, 3.05) is 6.61 Å². The molecule has 3 aromatic rings. The van der Waals surface area contributed by atoms with Gasteiger partial charge in [0, 0.05) is 17.5 Å². The molecule has 0 saturated carbocycles.